The molecule has 1 rings (SSSR count). The molecule has 6 heteroatoms. The summed E-state index contributed by atoms with van der Waals surface area (Å²) in [4.78, 5) is 20.2. The molecule has 14 heavy (non-hydrogen) atoms. The van der Waals surface area contributed by atoms with E-state index in [4.69, 9.17) is 5.73 Å². The van der Waals surface area contributed by atoms with Gasteiger partial charge in [-0.3, -0.25) is 10.1 Å². The number of hydrogen-bond acceptors (Lipinski definition) is 4. The number of nitrogens with zero attached hydrogens (tertiary/aromatic N) is 1. The number of nitrogens with two attached hydrogens (primary N) is 1. The van der Waals surface area contributed by atoms with Crippen LogP contribution in [0, 0.1) is 10.1 Å². The molecule has 0 atom stereocenters. The second kappa shape index (κ2) is 3.84. The average Bonchev–Trinajstić information content (AvgIpc) is 2.16. The van der Waals surface area contributed by atoms with Gasteiger partial charge in [-0.1, -0.05) is 6.07 Å². The Labute approximate surface area is 79.1 Å². The predicted molar refractivity (Wildman–Crippen MR) is 46.0 cm³/mol. The molecule has 2 N–H and O–H groups in total. The maximum absolute atomic E-state index is 10.5. The number of nitro groups is 1. The van der Waals surface area contributed by atoms with Crippen LogP contribution in [0.4, 0.5) is 5.69 Å². The standard InChI is InChI=1S/C8H7N2O4/c9-4-6-2-1-5(8(11)12)3-7(6)10(13)14/h1-3H,4,9H2. The van der Waals surface area contributed by atoms with Gasteiger partial charge in [-0.2, -0.15) is 0 Å². The SMILES string of the molecule is NCc1ccc(C([O])=O)cc1[N+](=O)[O-]. The normalized spacial score (nSPS) is 9.79. The maximum Gasteiger partial charge on any atom is 0.386 e. The Balaban J connectivity index is 3.27. The van der Waals surface area contributed by atoms with Crippen molar-refractivity contribution in [2.45, 2.75) is 6.54 Å². The third kappa shape index (κ3) is 1.86. The van der Waals surface area contributed by atoms with Gasteiger partial charge in [0.05, 0.1) is 10.5 Å². The largest absolute Gasteiger partial charge is 0.386 e. The van der Waals surface area contributed by atoms with Crippen LogP contribution >= 0.6 is 0 Å². The van der Waals surface area contributed by atoms with Crippen molar-refractivity contribution in [2.24, 2.45) is 5.73 Å². The molecule has 0 saturated heterocycles. The zero-order valence-electron chi connectivity index (χ0n) is 7.10. The summed E-state index contributed by atoms with van der Waals surface area (Å²) in [6.07, 6.45) is 0. The third-order valence-electron chi connectivity index (χ3n) is 1.74. The lowest BCUT2D eigenvalue weighted by Gasteiger charge is -1.99. The van der Waals surface area contributed by atoms with Crippen LogP contribution in [0.1, 0.15) is 15.9 Å². The van der Waals surface area contributed by atoms with Crippen LogP contribution in [0.5, 0.6) is 0 Å². The molecule has 0 unspecified atom stereocenters. The Morgan fingerprint density at radius 2 is 2.14 bits per heavy atom. The van der Waals surface area contributed by atoms with Crippen molar-refractivity contribution in [3.05, 3.63) is 39.4 Å². The fourth-order valence-corrected chi connectivity index (χ4v) is 1.03. The molecule has 73 valence electrons. The van der Waals surface area contributed by atoms with E-state index in [0.717, 1.165) is 6.07 Å². The number of carbonyl (C=O) groups is 1. The first-order valence-electron chi connectivity index (χ1n) is 3.75. The van der Waals surface area contributed by atoms with Gasteiger partial charge in [0, 0.05) is 18.2 Å². The molecule has 0 aliphatic rings. The van der Waals surface area contributed by atoms with Crippen molar-refractivity contribution in [1.82, 2.24) is 0 Å². The number of nitro benzene ring substituents is 1. The van der Waals surface area contributed by atoms with Gasteiger partial charge in [0.1, 0.15) is 0 Å². The van der Waals surface area contributed by atoms with Crippen LogP contribution in [-0.2, 0) is 11.7 Å². The smallest absolute Gasteiger partial charge is 0.326 e. The molecule has 1 aromatic rings. The van der Waals surface area contributed by atoms with Gasteiger partial charge in [0.2, 0.25) is 0 Å². The summed E-state index contributed by atoms with van der Waals surface area (Å²) in [7, 11) is 0. The summed E-state index contributed by atoms with van der Waals surface area (Å²) in [5, 5.41) is 20.9. The lowest BCUT2D eigenvalue weighted by Crippen LogP contribution is -2.04. The lowest BCUT2D eigenvalue weighted by atomic mass is 10.1. The summed E-state index contributed by atoms with van der Waals surface area (Å²) in [5.74, 6) is -1.45. The van der Waals surface area contributed by atoms with Crippen molar-refractivity contribution in [3.63, 3.8) is 0 Å². The zero-order chi connectivity index (χ0) is 10.7. The Kier molecular flexibility index (Phi) is 2.78. The Bertz CT molecular complexity index is 389. The number of hydrogen-bond donors (Lipinski definition) is 1. The van der Waals surface area contributed by atoms with E-state index in [0.29, 0.717) is 5.56 Å². The number of rotatable bonds is 3. The molecule has 0 bridgehead atoms. The number of benzene rings is 1. The van der Waals surface area contributed by atoms with Crippen LogP contribution in [-0.4, -0.2) is 10.9 Å². The zero-order valence-corrected chi connectivity index (χ0v) is 7.10. The van der Waals surface area contributed by atoms with Crippen LogP contribution in [0.25, 0.3) is 0 Å². The molecule has 1 aromatic carbocycles. The molecule has 0 saturated carbocycles. The van der Waals surface area contributed by atoms with Gasteiger partial charge < -0.3 is 5.73 Å². The first-order chi connectivity index (χ1) is 6.56. The van der Waals surface area contributed by atoms with Crippen molar-refractivity contribution < 1.29 is 14.8 Å². The highest BCUT2D eigenvalue weighted by atomic mass is 16.6. The quantitative estimate of drug-likeness (QED) is 0.563. The summed E-state index contributed by atoms with van der Waals surface area (Å²) < 4.78 is 0. The molecule has 0 aliphatic carbocycles. The molecular formula is C8H7N2O4. The number of carbonyl (C=O) groups excluding carboxylic acids is 1. The van der Waals surface area contributed by atoms with Crippen molar-refractivity contribution in [1.29, 1.82) is 0 Å². The summed E-state index contributed by atoms with van der Waals surface area (Å²) in [6.45, 7) is -0.0103. The fraction of sp³-hybridized carbons (Fsp3) is 0.125. The van der Waals surface area contributed by atoms with E-state index in [-0.39, 0.29) is 17.8 Å². The molecule has 0 heterocycles. The van der Waals surface area contributed by atoms with Crippen LogP contribution in [0.2, 0.25) is 0 Å². The van der Waals surface area contributed by atoms with Crippen LogP contribution < -0.4 is 5.73 Å². The second-order valence-corrected chi connectivity index (χ2v) is 2.59. The monoisotopic (exact) mass is 195 g/mol. The Hall–Kier alpha value is -1.95. The van der Waals surface area contributed by atoms with E-state index in [2.05, 4.69) is 0 Å². The van der Waals surface area contributed by atoms with Crippen molar-refractivity contribution in [2.75, 3.05) is 0 Å². The molecule has 0 spiro atoms. The highest BCUT2D eigenvalue weighted by Crippen LogP contribution is 2.19. The molecule has 0 amide bonds. The van der Waals surface area contributed by atoms with Gasteiger partial charge in [-0.05, 0) is 6.07 Å². The molecular weight excluding hydrogens is 188 g/mol. The van der Waals surface area contributed by atoms with E-state index in [1.807, 2.05) is 0 Å². The first kappa shape index (κ1) is 10.1. The van der Waals surface area contributed by atoms with Crippen molar-refractivity contribution in [3.8, 4) is 0 Å². The molecule has 6 nitrogen and oxygen atoms in total. The molecule has 0 aromatic heterocycles. The second-order valence-electron chi connectivity index (χ2n) is 2.59. The predicted octanol–water partition coefficient (Wildman–Crippen LogP) is 0.624. The topological polar surface area (TPSA) is 106 Å². The maximum atomic E-state index is 10.5. The lowest BCUT2D eigenvalue weighted by molar-refractivity contribution is -0.385. The first-order valence-corrected chi connectivity index (χ1v) is 3.75. The average molecular weight is 195 g/mol. The van der Waals surface area contributed by atoms with Gasteiger partial charge in [0.15, 0.2) is 0 Å². The van der Waals surface area contributed by atoms with Crippen molar-refractivity contribution >= 4 is 11.7 Å². The van der Waals surface area contributed by atoms with Gasteiger partial charge in [0.25, 0.3) is 5.69 Å². The summed E-state index contributed by atoms with van der Waals surface area (Å²) in [5.41, 5.74) is 5.01. The van der Waals surface area contributed by atoms with E-state index in [1.54, 1.807) is 0 Å². The van der Waals surface area contributed by atoms with Gasteiger partial charge >= 0.3 is 5.97 Å². The van der Waals surface area contributed by atoms with E-state index in [1.165, 1.54) is 12.1 Å². The minimum atomic E-state index is -1.45. The highest BCUT2D eigenvalue weighted by Gasteiger charge is 2.16. The summed E-state index contributed by atoms with van der Waals surface area (Å²) in [6, 6.07) is 3.48. The highest BCUT2D eigenvalue weighted by molar-refractivity contribution is 5.88. The molecule has 1 radical (unpaired) electrons. The van der Waals surface area contributed by atoms with E-state index in [9.17, 15) is 20.0 Å². The van der Waals surface area contributed by atoms with E-state index < -0.39 is 10.9 Å². The molecule has 0 aliphatic heterocycles. The van der Waals surface area contributed by atoms with Crippen LogP contribution in [0.3, 0.4) is 0 Å². The third-order valence-corrected chi connectivity index (χ3v) is 1.74. The fourth-order valence-electron chi connectivity index (χ4n) is 1.03. The minimum absolute atomic E-state index is 0.0103. The van der Waals surface area contributed by atoms with Gasteiger partial charge in [-0.25, -0.2) is 9.90 Å². The van der Waals surface area contributed by atoms with E-state index >= 15 is 0 Å². The van der Waals surface area contributed by atoms with Crippen LogP contribution in [0.15, 0.2) is 18.2 Å². The summed E-state index contributed by atoms with van der Waals surface area (Å²) >= 11 is 0. The minimum Gasteiger partial charge on any atom is -0.326 e. The van der Waals surface area contributed by atoms with Gasteiger partial charge in [-0.15, -0.1) is 0 Å². The Morgan fingerprint density at radius 3 is 2.57 bits per heavy atom. The molecule has 0 fully saturated rings. The Morgan fingerprint density at radius 1 is 1.50 bits per heavy atom.